The molecule has 0 aliphatic heterocycles. The third kappa shape index (κ3) is 3.85. The normalized spacial score (nSPS) is 26.0. The van der Waals surface area contributed by atoms with Crippen LogP contribution >= 0.6 is 0 Å². The monoisotopic (exact) mass is 255 g/mol. The first-order valence-corrected chi connectivity index (χ1v) is 5.78. The van der Waals surface area contributed by atoms with E-state index in [1.807, 2.05) is 5.32 Å². The molecule has 1 fully saturated rings. The smallest absolute Gasteiger partial charge is 0.350 e. The Labute approximate surface area is 97.8 Å². The van der Waals surface area contributed by atoms with E-state index in [-0.39, 0.29) is 12.5 Å². The largest absolute Gasteiger partial charge is 0.383 e. The van der Waals surface area contributed by atoms with Crippen LogP contribution in [0.3, 0.4) is 0 Å². The van der Waals surface area contributed by atoms with Crippen molar-refractivity contribution in [1.82, 2.24) is 5.32 Å². The SMILES string of the molecule is CC1CCC(CNC(=O)C(F)(F)C(F)F)CC1. The van der Waals surface area contributed by atoms with Crippen molar-refractivity contribution >= 4 is 5.91 Å². The number of nitrogens with one attached hydrogen (secondary N) is 1. The molecule has 1 amide bonds. The van der Waals surface area contributed by atoms with Gasteiger partial charge >= 0.3 is 12.3 Å². The van der Waals surface area contributed by atoms with Crippen molar-refractivity contribution in [1.29, 1.82) is 0 Å². The van der Waals surface area contributed by atoms with Gasteiger partial charge in [0.05, 0.1) is 0 Å². The molecule has 0 atom stereocenters. The fraction of sp³-hybridized carbons (Fsp3) is 0.909. The number of carbonyl (C=O) groups is 1. The van der Waals surface area contributed by atoms with Crippen molar-refractivity contribution in [3.8, 4) is 0 Å². The number of carbonyl (C=O) groups excluding carboxylic acids is 1. The van der Waals surface area contributed by atoms with Gasteiger partial charge in [0.2, 0.25) is 0 Å². The molecule has 0 bridgehead atoms. The average molecular weight is 255 g/mol. The third-order valence-corrected chi connectivity index (χ3v) is 3.26. The Morgan fingerprint density at radius 1 is 1.29 bits per heavy atom. The minimum Gasteiger partial charge on any atom is -0.350 e. The van der Waals surface area contributed by atoms with Crippen LogP contribution in [0.1, 0.15) is 32.6 Å². The van der Waals surface area contributed by atoms with Crippen LogP contribution in [0.4, 0.5) is 17.6 Å². The van der Waals surface area contributed by atoms with Crippen LogP contribution in [0.2, 0.25) is 0 Å². The summed E-state index contributed by atoms with van der Waals surface area (Å²) in [5.74, 6) is -5.71. The third-order valence-electron chi connectivity index (χ3n) is 3.26. The Balaban J connectivity index is 2.33. The number of hydrogen-bond donors (Lipinski definition) is 1. The molecule has 0 aromatic carbocycles. The van der Waals surface area contributed by atoms with Gasteiger partial charge in [-0.25, -0.2) is 8.78 Å². The maximum Gasteiger partial charge on any atom is 0.383 e. The van der Waals surface area contributed by atoms with E-state index < -0.39 is 18.3 Å². The van der Waals surface area contributed by atoms with E-state index in [9.17, 15) is 22.4 Å². The molecule has 0 aromatic heterocycles. The molecule has 100 valence electrons. The highest BCUT2D eigenvalue weighted by atomic mass is 19.3. The Hall–Kier alpha value is -0.810. The predicted octanol–water partition coefficient (Wildman–Crippen LogP) is 2.83. The van der Waals surface area contributed by atoms with Crippen LogP contribution in [-0.2, 0) is 4.79 Å². The van der Waals surface area contributed by atoms with Crippen LogP contribution in [0.25, 0.3) is 0 Å². The van der Waals surface area contributed by atoms with E-state index in [4.69, 9.17) is 0 Å². The number of alkyl halides is 4. The molecule has 0 heterocycles. The van der Waals surface area contributed by atoms with E-state index in [1.54, 1.807) is 0 Å². The Morgan fingerprint density at radius 2 is 1.82 bits per heavy atom. The highest BCUT2D eigenvalue weighted by Crippen LogP contribution is 2.28. The van der Waals surface area contributed by atoms with Crippen molar-refractivity contribution in [2.24, 2.45) is 11.8 Å². The molecule has 0 spiro atoms. The van der Waals surface area contributed by atoms with Crippen LogP contribution in [0.15, 0.2) is 0 Å². The van der Waals surface area contributed by atoms with E-state index in [1.165, 1.54) is 0 Å². The molecule has 17 heavy (non-hydrogen) atoms. The van der Waals surface area contributed by atoms with Gasteiger partial charge < -0.3 is 5.32 Å². The van der Waals surface area contributed by atoms with Crippen molar-refractivity contribution in [2.75, 3.05) is 6.54 Å². The Kier molecular flexibility index (Phi) is 4.77. The van der Waals surface area contributed by atoms with Gasteiger partial charge in [-0.2, -0.15) is 8.78 Å². The van der Waals surface area contributed by atoms with Gasteiger partial charge in [0.1, 0.15) is 0 Å². The average Bonchev–Trinajstić information content (AvgIpc) is 2.27. The summed E-state index contributed by atoms with van der Waals surface area (Å²) in [7, 11) is 0. The minimum absolute atomic E-state index is 0.0634. The quantitative estimate of drug-likeness (QED) is 0.769. The molecule has 0 saturated heterocycles. The zero-order valence-electron chi connectivity index (χ0n) is 9.69. The van der Waals surface area contributed by atoms with E-state index >= 15 is 0 Å². The van der Waals surface area contributed by atoms with E-state index in [0.717, 1.165) is 25.7 Å². The van der Waals surface area contributed by atoms with Crippen molar-refractivity contribution in [2.45, 2.75) is 45.0 Å². The van der Waals surface area contributed by atoms with Gasteiger partial charge in [-0.15, -0.1) is 0 Å². The number of hydrogen-bond acceptors (Lipinski definition) is 1. The van der Waals surface area contributed by atoms with E-state index in [2.05, 4.69) is 6.92 Å². The highest BCUT2D eigenvalue weighted by molar-refractivity contribution is 5.83. The Morgan fingerprint density at radius 3 is 2.29 bits per heavy atom. The lowest BCUT2D eigenvalue weighted by atomic mass is 9.83. The standard InChI is InChI=1S/C11H17F4NO/c1-7-2-4-8(5-3-7)6-16-10(17)11(14,15)9(12)13/h7-9H,2-6H2,1H3,(H,16,17). The molecule has 1 aliphatic rings. The topological polar surface area (TPSA) is 29.1 Å². The number of rotatable bonds is 4. The summed E-state index contributed by atoms with van der Waals surface area (Å²) in [4.78, 5) is 10.9. The molecular formula is C11H17F4NO. The zero-order valence-corrected chi connectivity index (χ0v) is 9.69. The second-order valence-electron chi connectivity index (χ2n) is 4.76. The van der Waals surface area contributed by atoms with Crippen molar-refractivity contribution in [3.63, 3.8) is 0 Å². The van der Waals surface area contributed by atoms with Crippen LogP contribution < -0.4 is 5.32 Å². The zero-order chi connectivity index (χ0) is 13.1. The molecule has 0 radical (unpaired) electrons. The first kappa shape index (κ1) is 14.3. The van der Waals surface area contributed by atoms with Gasteiger partial charge in [-0.05, 0) is 24.7 Å². The van der Waals surface area contributed by atoms with Crippen LogP contribution in [0.5, 0.6) is 0 Å². The second kappa shape index (κ2) is 5.69. The van der Waals surface area contributed by atoms with E-state index in [0.29, 0.717) is 5.92 Å². The summed E-state index contributed by atoms with van der Waals surface area (Å²) in [6, 6.07) is 0. The fourth-order valence-corrected chi connectivity index (χ4v) is 1.99. The number of amides is 1. The second-order valence-corrected chi connectivity index (χ2v) is 4.76. The maximum absolute atomic E-state index is 12.6. The van der Waals surface area contributed by atoms with Crippen LogP contribution in [-0.4, -0.2) is 24.8 Å². The van der Waals surface area contributed by atoms with Crippen LogP contribution in [0, 0.1) is 11.8 Å². The highest BCUT2D eigenvalue weighted by Gasteiger charge is 2.48. The molecule has 1 aliphatic carbocycles. The lowest BCUT2D eigenvalue weighted by Crippen LogP contribution is -2.46. The molecule has 1 saturated carbocycles. The fourth-order valence-electron chi connectivity index (χ4n) is 1.99. The lowest BCUT2D eigenvalue weighted by molar-refractivity contribution is -0.169. The van der Waals surface area contributed by atoms with Gasteiger partial charge in [0.25, 0.3) is 5.91 Å². The maximum atomic E-state index is 12.6. The number of halogens is 4. The summed E-state index contributed by atoms with van der Waals surface area (Å²) >= 11 is 0. The van der Waals surface area contributed by atoms with Gasteiger partial charge in [-0.1, -0.05) is 19.8 Å². The summed E-state index contributed by atoms with van der Waals surface area (Å²) in [5, 5.41) is 1.92. The van der Waals surface area contributed by atoms with Gasteiger partial charge in [0, 0.05) is 6.54 Å². The molecule has 1 N–H and O–H groups in total. The molecule has 6 heteroatoms. The first-order chi connectivity index (χ1) is 7.84. The molecule has 1 rings (SSSR count). The minimum atomic E-state index is -4.58. The van der Waals surface area contributed by atoms with Crippen molar-refractivity contribution in [3.05, 3.63) is 0 Å². The first-order valence-electron chi connectivity index (χ1n) is 5.78. The van der Waals surface area contributed by atoms with Gasteiger partial charge in [-0.3, -0.25) is 4.79 Å². The molecular weight excluding hydrogens is 238 g/mol. The van der Waals surface area contributed by atoms with Crippen molar-refractivity contribution < 1.29 is 22.4 Å². The molecule has 0 aromatic rings. The summed E-state index contributed by atoms with van der Waals surface area (Å²) in [6.45, 7) is 2.17. The predicted molar refractivity (Wildman–Crippen MR) is 55.1 cm³/mol. The lowest BCUT2D eigenvalue weighted by Gasteiger charge is -2.26. The molecule has 2 nitrogen and oxygen atoms in total. The summed E-state index contributed by atoms with van der Waals surface area (Å²) in [6.07, 6.45) is -0.269. The summed E-state index contributed by atoms with van der Waals surface area (Å²) in [5.41, 5.74) is 0. The summed E-state index contributed by atoms with van der Waals surface area (Å²) < 4.78 is 48.9. The van der Waals surface area contributed by atoms with Gasteiger partial charge in [0.15, 0.2) is 0 Å². The molecule has 0 unspecified atom stereocenters. The Bertz CT molecular complexity index is 262.